The molecular weight excluding hydrogens is 156 g/mol. The maximum atomic E-state index is 2.44. The zero-order valence-corrected chi connectivity index (χ0v) is 9.84. The molecule has 0 heterocycles. The van der Waals surface area contributed by atoms with E-state index < -0.39 is 0 Å². The van der Waals surface area contributed by atoms with Crippen LogP contribution in [0.2, 0.25) is 0 Å². The second kappa shape index (κ2) is 5.02. The van der Waals surface area contributed by atoms with E-state index >= 15 is 0 Å². The summed E-state index contributed by atoms with van der Waals surface area (Å²) < 4.78 is 0. The van der Waals surface area contributed by atoms with Gasteiger partial charge in [-0.05, 0) is 36.5 Å². The quantitative estimate of drug-likeness (QED) is 0.587. The van der Waals surface area contributed by atoms with E-state index in [0.717, 1.165) is 23.7 Å². The van der Waals surface area contributed by atoms with Crippen molar-refractivity contribution in [1.29, 1.82) is 0 Å². The SMILES string of the molecule is CCCCC(C(C)C)C1CCC1C. The topological polar surface area (TPSA) is 0 Å². The molecule has 13 heavy (non-hydrogen) atoms. The van der Waals surface area contributed by atoms with Gasteiger partial charge in [0.25, 0.3) is 0 Å². The Morgan fingerprint density at radius 3 is 2.23 bits per heavy atom. The minimum atomic E-state index is 0.902. The van der Waals surface area contributed by atoms with Crippen molar-refractivity contribution in [1.82, 2.24) is 0 Å². The van der Waals surface area contributed by atoms with Gasteiger partial charge in [-0.3, -0.25) is 0 Å². The lowest BCUT2D eigenvalue weighted by molar-refractivity contribution is 0.0804. The van der Waals surface area contributed by atoms with E-state index in [-0.39, 0.29) is 0 Å². The van der Waals surface area contributed by atoms with Crippen molar-refractivity contribution >= 4 is 0 Å². The van der Waals surface area contributed by atoms with Gasteiger partial charge < -0.3 is 0 Å². The smallest absolute Gasteiger partial charge is 0.0358 e. The highest BCUT2D eigenvalue weighted by Crippen LogP contribution is 2.44. The van der Waals surface area contributed by atoms with Crippen LogP contribution in [0.5, 0.6) is 0 Å². The molecule has 1 aliphatic rings. The summed E-state index contributed by atoms with van der Waals surface area (Å²) in [5.41, 5.74) is 0. The van der Waals surface area contributed by atoms with E-state index in [1.807, 2.05) is 0 Å². The predicted molar refractivity (Wildman–Crippen MR) is 59.7 cm³/mol. The minimum Gasteiger partial charge on any atom is -0.0654 e. The lowest BCUT2D eigenvalue weighted by atomic mass is 9.64. The number of hydrogen-bond acceptors (Lipinski definition) is 0. The van der Waals surface area contributed by atoms with Gasteiger partial charge in [0.1, 0.15) is 0 Å². The van der Waals surface area contributed by atoms with Gasteiger partial charge in [0.15, 0.2) is 0 Å². The molecule has 0 nitrogen and oxygen atoms in total. The molecule has 0 spiro atoms. The molecule has 0 radical (unpaired) electrons. The molecule has 0 aliphatic heterocycles. The van der Waals surface area contributed by atoms with Crippen molar-refractivity contribution in [2.75, 3.05) is 0 Å². The molecular formula is C13H26. The lowest BCUT2D eigenvalue weighted by Gasteiger charge is -2.42. The fraction of sp³-hybridized carbons (Fsp3) is 1.00. The van der Waals surface area contributed by atoms with E-state index in [2.05, 4.69) is 27.7 Å². The summed E-state index contributed by atoms with van der Waals surface area (Å²) in [7, 11) is 0. The Balaban J connectivity index is 2.37. The average Bonchev–Trinajstić information content (AvgIpc) is 2.08. The molecule has 1 aliphatic carbocycles. The fourth-order valence-electron chi connectivity index (χ4n) is 2.81. The molecule has 78 valence electrons. The zero-order valence-electron chi connectivity index (χ0n) is 9.84. The highest BCUT2D eigenvalue weighted by atomic mass is 14.4. The summed E-state index contributed by atoms with van der Waals surface area (Å²) in [6.07, 6.45) is 7.27. The molecule has 0 saturated heterocycles. The maximum Gasteiger partial charge on any atom is -0.0358 e. The van der Waals surface area contributed by atoms with Crippen LogP contribution in [0.1, 0.15) is 59.8 Å². The monoisotopic (exact) mass is 182 g/mol. The van der Waals surface area contributed by atoms with Crippen LogP contribution < -0.4 is 0 Å². The van der Waals surface area contributed by atoms with Crippen molar-refractivity contribution < 1.29 is 0 Å². The third-order valence-corrected chi connectivity index (χ3v) is 3.98. The zero-order chi connectivity index (χ0) is 9.84. The highest BCUT2D eigenvalue weighted by Gasteiger charge is 2.34. The summed E-state index contributed by atoms with van der Waals surface area (Å²) in [5.74, 6) is 4.00. The average molecular weight is 182 g/mol. The first-order valence-corrected chi connectivity index (χ1v) is 6.16. The van der Waals surface area contributed by atoms with Crippen LogP contribution in [-0.2, 0) is 0 Å². The third kappa shape index (κ3) is 2.72. The Morgan fingerprint density at radius 1 is 1.23 bits per heavy atom. The molecule has 0 bridgehead atoms. The van der Waals surface area contributed by atoms with Gasteiger partial charge in [-0.25, -0.2) is 0 Å². The fourth-order valence-corrected chi connectivity index (χ4v) is 2.81. The van der Waals surface area contributed by atoms with Gasteiger partial charge in [0.2, 0.25) is 0 Å². The molecule has 3 unspecified atom stereocenters. The summed E-state index contributed by atoms with van der Waals surface area (Å²) >= 11 is 0. The second-order valence-electron chi connectivity index (χ2n) is 5.27. The van der Waals surface area contributed by atoms with Crippen molar-refractivity contribution in [2.45, 2.75) is 59.8 Å². The Morgan fingerprint density at radius 2 is 1.92 bits per heavy atom. The molecule has 3 atom stereocenters. The molecule has 0 heteroatoms. The van der Waals surface area contributed by atoms with Crippen molar-refractivity contribution in [3.8, 4) is 0 Å². The van der Waals surface area contributed by atoms with Crippen LogP contribution in [0.15, 0.2) is 0 Å². The Hall–Kier alpha value is 0. The molecule has 0 aromatic carbocycles. The first-order valence-electron chi connectivity index (χ1n) is 6.16. The third-order valence-electron chi connectivity index (χ3n) is 3.98. The summed E-state index contributed by atoms with van der Waals surface area (Å²) in [5, 5.41) is 0. The first-order chi connectivity index (χ1) is 6.16. The summed E-state index contributed by atoms with van der Waals surface area (Å²) in [4.78, 5) is 0. The van der Waals surface area contributed by atoms with E-state index in [4.69, 9.17) is 0 Å². The molecule has 0 N–H and O–H groups in total. The van der Waals surface area contributed by atoms with Gasteiger partial charge >= 0.3 is 0 Å². The molecule has 1 rings (SSSR count). The van der Waals surface area contributed by atoms with Crippen molar-refractivity contribution in [3.63, 3.8) is 0 Å². The van der Waals surface area contributed by atoms with E-state index in [1.54, 1.807) is 0 Å². The molecule has 1 saturated carbocycles. The molecule has 0 amide bonds. The predicted octanol–water partition coefficient (Wildman–Crippen LogP) is 4.49. The van der Waals surface area contributed by atoms with Gasteiger partial charge in [0.05, 0.1) is 0 Å². The van der Waals surface area contributed by atoms with Gasteiger partial charge in [-0.2, -0.15) is 0 Å². The van der Waals surface area contributed by atoms with E-state index in [0.29, 0.717) is 0 Å². The number of hydrogen-bond donors (Lipinski definition) is 0. The largest absolute Gasteiger partial charge is 0.0654 e. The van der Waals surface area contributed by atoms with Crippen LogP contribution in [-0.4, -0.2) is 0 Å². The van der Waals surface area contributed by atoms with Crippen LogP contribution >= 0.6 is 0 Å². The molecule has 1 fully saturated rings. The molecule has 0 aromatic rings. The van der Waals surface area contributed by atoms with E-state index in [1.165, 1.54) is 32.1 Å². The lowest BCUT2D eigenvalue weighted by Crippen LogP contribution is -2.33. The van der Waals surface area contributed by atoms with Crippen LogP contribution in [0, 0.1) is 23.7 Å². The number of unbranched alkanes of at least 4 members (excludes halogenated alkanes) is 1. The van der Waals surface area contributed by atoms with Gasteiger partial charge in [-0.15, -0.1) is 0 Å². The summed E-state index contributed by atoms with van der Waals surface area (Å²) in [6, 6.07) is 0. The first kappa shape index (κ1) is 11.1. The Labute approximate surface area is 84.1 Å². The van der Waals surface area contributed by atoms with Crippen LogP contribution in [0.25, 0.3) is 0 Å². The second-order valence-corrected chi connectivity index (χ2v) is 5.27. The van der Waals surface area contributed by atoms with Crippen molar-refractivity contribution in [3.05, 3.63) is 0 Å². The van der Waals surface area contributed by atoms with Crippen LogP contribution in [0.3, 0.4) is 0 Å². The highest BCUT2D eigenvalue weighted by molar-refractivity contribution is 4.84. The van der Waals surface area contributed by atoms with Gasteiger partial charge in [-0.1, -0.05) is 47.0 Å². The minimum absolute atomic E-state index is 0.902. The van der Waals surface area contributed by atoms with Gasteiger partial charge in [0, 0.05) is 0 Å². The number of rotatable bonds is 5. The normalized spacial score (nSPS) is 30.2. The molecule has 0 aromatic heterocycles. The van der Waals surface area contributed by atoms with Crippen LogP contribution in [0.4, 0.5) is 0 Å². The Bertz CT molecular complexity index is 137. The summed E-state index contributed by atoms with van der Waals surface area (Å²) in [6.45, 7) is 9.56. The Kier molecular flexibility index (Phi) is 4.28. The maximum absolute atomic E-state index is 2.44. The standard InChI is InChI=1S/C13H26/c1-5-6-7-12(10(2)3)13-9-8-11(13)4/h10-13H,5-9H2,1-4H3. The van der Waals surface area contributed by atoms with Crippen molar-refractivity contribution in [2.24, 2.45) is 23.7 Å². The van der Waals surface area contributed by atoms with E-state index in [9.17, 15) is 0 Å².